The van der Waals surface area contributed by atoms with E-state index in [1.807, 2.05) is 18.2 Å². The van der Waals surface area contributed by atoms with Crippen molar-refractivity contribution in [2.75, 3.05) is 5.32 Å². The van der Waals surface area contributed by atoms with Gasteiger partial charge in [0.1, 0.15) is 11.5 Å². The monoisotopic (exact) mass is 294 g/mol. The first-order chi connectivity index (χ1) is 10.7. The van der Waals surface area contributed by atoms with Gasteiger partial charge >= 0.3 is 5.97 Å². The number of carboxylic acid groups (broad SMARTS) is 1. The zero-order valence-corrected chi connectivity index (χ0v) is 11.7. The molecule has 0 aliphatic rings. The minimum absolute atomic E-state index is 0.226. The first-order valence-electron chi connectivity index (χ1n) is 6.79. The van der Waals surface area contributed by atoms with Crippen LogP contribution in [0.25, 0.3) is 11.3 Å². The first-order valence-corrected chi connectivity index (χ1v) is 6.79. The Labute approximate surface area is 127 Å². The number of aromatic carboxylic acids is 1. The van der Waals surface area contributed by atoms with E-state index in [1.165, 1.54) is 0 Å². The van der Waals surface area contributed by atoms with Gasteiger partial charge in [-0.15, -0.1) is 0 Å². The summed E-state index contributed by atoms with van der Waals surface area (Å²) in [7, 11) is 0. The van der Waals surface area contributed by atoms with Gasteiger partial charge in [0, 0.05) is 18.0 Å². The molecule has 3 rings (SSSR count). The predicted molar refractivity (Wildman–Crippen MR) is 82.7 cm³/mol. The van der Waals surface area contributed by atoms with Crippen molar-refractivity contribution in [2.24, 2.45) is 0 Å². The molecule has 0 atom stereocenters. The Bertz CT molecular complexity index is 781. The third-order valence-electron chi connectivity index (χ3n) is 3.21. The van der Waals surface area contributed by atoms with Crippen LogP contribution in [0.5, 0.6) is 0 Å². The summed E-state index contributed by atoms with van der Waals surface area (Å²) in [5, 5.41) is 12.4. The Morgan fingerprint density at radius 2 is 2.00 bits per heavy atom. The summed E-state index contributed by atoms with van der Waals surface area (Å²) in [6.07, 6.45) is 3.43. The van der Waals surface area contributed by atoms with Crippen molar-refractivity contribution in [1.82, 2.24) is 4.98 Å². The molecule has 0 unspecified atom stereocenters. The molecule has 2 N–H and O–H groups in total. The number of hydrogen-bond acceptors (Lipinski definition) is 4. The largest absolute Gasteiger partial charge is 0.478 e. The third-order valence-corrected chi connectivity index (χ3v) is 3.21. The average molecular weight is 294 g/mol. The molecule has 0 amide bonds. The molecule has 0 bridgehead atoms. The second-order valence-electron chi connectivity index (χ2n) is 4.71. The molecule has 0 saturated heterocycles. The maximum atomic E-state index is 11.3. The molecule has 0 saturated carbocycles. The van der Waals surface area contributed by atoms with Crippen LogP contribution in [0.4, 0.5) is 5.69 Å². The summed E-state index contributed by atoms with van der Waals surface area (Å²) in [5.74, 6) is 0.294. The van der Waals surface area contributed by atoms with E-state index in [0.29, 0.717) is 17.9 Å². The summed E-state index contributed by atoms with van der Waals surface area (Å²) < 4.78 is 5.74. The molecule has 5 nitrogen and oxygen atoms in total. The van der Waals surface area contributed by atoms with Gasteiger partial charge in [-0.3, -0.25) is 4.98 Å². The Kier molecular flexibility index (Phi) is 3.87. The summed E-state index contributed by atoms with van der Waals surface area (Å²) in [6.45, 7) is 0.501. The lowest BCUT2D eigenvalue weighted by atomic mass is 10.1. The van der Waals surface area contributed by atoms with Gasteiger partial charge in [-0.05, 0) is 30.3 Å². The number of rotatable bonds is 5. The number of aromatic nitrogens is 1. The zero-order chi connectivity index (χ0) is 15.4. The topological polar surface area (TPSA) is 75.4 Å². The number of nitrogens with zero attached hydrogens (tertiary/aromatic N) is 1. The van der Waals surface area contributed by atoms with Crippen molar-refractivity contribution in [3.8, 4) is 11.3 Å². The van der Waals surface area contributed by atoms with Crippen molar-refractivity contribution in [1.29, 1.82) is 0 Å². The van der Waals surface area contributed by atoms with Gasteiger partial charge < -0.3 is 14.8 Å². The standard InChI is InChI=1S/C17H14N2O3/c20-17(21)15-6-2-1-5-14(15)16-8-7-13(22-16)11-19-12-4-3-9-18-10-12/h1-10,19H,11H2,(H,20,21). The molecular formula is C17H14N2O3. The van der Waals surface area contributed by atoms with Gasteiger partial charge in [0.25, 0.3) is 0 Å². The molecule has 5 heteroatoms. The van der Waals surface area contributed by atoms with E-state index in [2.05, 4.69) is 10.3 Å². The van der Waals surface area contributed by atoms with E-state index in [1.54, 1.807) is 42.7 Å². The number of hydrogen-bond donors (Lipinski definition) is 2. The van der Waals surface area contributed by atoms with Gasteiger partial charge in [0.05, 0.1) is 17.8 Å². The maximum absolute atomic E-state index is 11.3. The molecule has 0 radical (unpaired) electrons. The van der Waals surface area contributed by atoms with Crippen LogP contribution in [0.1, 0.15) is 16.1 Å². The zero-order valence-electron chi connectivity index (χ0n) is 11.7. The minimum atomic E-state index is -0.970. The van der Waals surface area contributed by atoms with Gasteiger partial charge in [-0.1, -0.05) is 18.2 Å². The van der Waals surface area contributed by atoms with Crippen molar-refractivity contribution in [2.45, 2.75) is 6.54 Å². The number of benzene rings is 1. The molecule has 110 valence electrons. The molecule has 3 aromatic rings. The molecule has 0 spiro atoms. The summed E-state index contributed by atoms with van der Waals surface area (Å²) >= 11 is 0. The predicted octanol–water partition coefficient (Wildman–Crippen LogP) is 3.65. The van der Waals surface area contributed by atoms with Crippen LogP contribution in [-0.4, -0.2) is 16.1 Å². The minimum Gasteiger partial charge on any atom is -0.478 e. The number of anilines is 1. The second-order valence-corrected chi connectivity index (χ2v) is 4.71. The third kappa shape index (κ3) is 2.98. The SMILES string of the molecule is O=C(O)c1ccccc1-c1ccc(CNc2cccnc2)o1. The number of nitrogens with one attached hydrogen (secondary N) is 1. The quantitative estimate of drug-likeness (QED) is 0.751. The fourth-order valence-corrected chi connectivity index (χ4v) is 2.16. The fraction of sp³-hybridized carbons (Fsp3) is 0.0588. The van der Waals surface area contributed by atoms with Gasteiger partial charge in [-0.25, -0.2) is 4.79 Å². The first kappa shape index (κ1) is 13.9. The van der Waals surface area contributed by atoms with Crippen LogP contribution >= 0.6 is 0 Å². The lowest BCUT2D eigenvalue weighted by Gasteiger charge is -2.04. The summed E-state index contributed by atoms with van der Waals surface area (Å²) in [4.78, 5) is 15.3. The number of carbonyl (C=O) groups is 1. The highest BCUT2D eigenvalue weighted by Gasteiger charge is 2.13. The van der Waals surface area contributed by atoms with Crippen LogP contribution in [0.3, 0.4) is 0 Å². The molecule has 1 aromatic carbocycles. The molecular weight excluding hydrogens is 280 g/mol. The van der Waals surface area contributed by atoms with E-state index >= 15 is 0 Å². The van der Waals surface area contributed by atoms with Crippen LogP contribution in [0, 0.1) is 0 Å². The Hall–Kier alpha value is -3.08. The summed E-state index contributed by atoms with van der Waals surface area (Å²) in [6, 6.07) is 14.2. The highest BCUT2D eigenvalue weighted by atomic mass is 16.4. The molecule has 2 aromatic heterocycles. The Morgan fingerprint density at radius 3 is 2.77 bits per heavy atom. The second kappa shape index (κ2) is 6.13. The Balaban J connectivity index is 1.78. The molecule has 2 heterocycles. The average Bonchev–Trinajstić information content (AvgIpc) is 3.03. The van der Waals surface area contributed by atoms with Gasteiger partial charge in [0.15, 0.2) is 0 Å². The maximum Gasteiger partial charge on any atom is 0.336 e. The van der Waals surface area contributed by atoms with Crippen LogP contribution in [-0.2, 0) is 6.54 Å². The highest BCUT2D eigenvalue weighted by molar-refractivity contribution is 5.95. The van der Waals surface area contributed by atoms with Gasteiger partial charge in [0.2, 0.25) is 0 Å². The van der Waals surface area contributed by atoms with E-state index in [-0.39, 0.29) is 5.56 Å². The van der Waals surface area contributed by atoms with E-state index in [0.717, 1.165) is 11.4 Å². The molecule has 0 fully saturated rings. The van der Waals surface area contributed by atoms with Crippen molar-refractivity contribution < 1.29 is 14.3 Å². The molecule has 22 heavy (non-hydrogen) atoms. The van der Waals surface area contributed by atoms with Crippen LogP contribution < -0.4 is 5.32 Å². The van der Waals surface area contributed by atoms with Crippen molar-refractivity contribution in [3.05, 3.63) is 72.2 Å². The molecule has 0 aliphatic carbocycles. The number of carboxylic acids is 1. The normalized spacial score (nSPS) is 10.4. The fourth-order valence-electron chi connectivity index (χ4n) is 2.16. The lowest BCUT2D eigenvalue weighted by Crippen LogP contribution is -1.99. The van der Waals surface area contributed by atoms with Crippen LogP contribution in [0.2, 0.25) is 0 Å². The van der Waals surface area contributed by atoms with E-state index in [4.69, 9.17) is 4.42 Å². The number of pyridine rings is 1. The smallest absolute Gasteiger partial charge is 0.336 e. The van der Waals surface area contributed by atoms with E-state index < -0.39 is 5.97 Å². The lowest BCUT2D eigenvalue weighted by molar-refractivity contribution is 0.0697. The summed E-state index contributed by atoms with van der Waals surface area (Å²) in [5.41, 5.74) is 1.69. The van der Waals surface area contributed by atoms with Crippen molar-refractivity contribution in [3.63, 3.8) is 0 Å². The van der Waals surface area contributed by atoms with Gasteiger partial charge in [-0.2, -0.15) is 0 Å². The van der Waals surface area contributed by atoms with E-state index in [9.17, 15) is 9.90 Å². The Morgan fingerprint density at radius 1 is 1.14 bits per heavy atom. The van der Waals surface area contributed by atoms with Crippen LogP contribution in [0.15, 0.2) is 65.3 Å². The molecule has 0 aliphatic heterocycles. The highest BCUT2D eigenvalue weighted by Crippen LogP contribution is 2.26. The number of furan rings is 1. The van der Waals surface area contributed by atoms with Crippen molar-refractivity contribution >= 4 is 11.7 Å².